The summed E-state index contributed by atoms with van der Waals surface area (Å²) >= 11 is 0. The third-order valence-corrected chi connectivity index (χ3v) is 17.0. The molecule has 0 spiro atoms. The molecule has 0 heterocycles. The van der Waals surface area contributed by atoms with Gasteiger partial charge in [0, 0.05) is 13.0 Å². The lowest BCUT2D eigenvalue weighted by molar-refractivity contribution is -0.0264. The summed E-state index contributed by atoms with van der Waals surface area (Å²) in [7, 11) is -2.67. The molecule has 0 radical (unpaired) electrons. The Morgan fingerprint density at radius 3 is 1.28 bits per heavy atom. The van der Waals surface area contributed by atoms with Gasteiger partial charge >= 0.3 is 0 Å². The number of benzene rings is 2. The summed E-state index contributed by atoms with van der Waals surface area (Å²) in [5, 5.41) is 2.55. The van der Waals surface area contributed by atoms with Crippen LogP contribution in [0.4, 0.5) is 0 Å². The predicted molar refractivity (Wildman–Crippen MR) is 254 cm³/mol. The van der Waals surface area contributed by atoms with Crippen molar-refractivity contribution in [2.24, 2.45) is 0 Å². The van der Waals surface area contributed by atoms with E-state index in [-0.39, 0.29) is 11.1 Å². The maximum absolute atomic E-state index is 7.37. The van der Waals surface area contributed by atoms with E-state index >= 15 is 0 Å². The molecule has 0 fully saturated rings. The fourth-order valence-corrected chi connectivity index (χ4v) is 13.0. The first-order chi connectivity index (χ1) is 27.9. The van der Waals surface area contributed by atoms with Crippen LogP contribution in [0.15, 0.2) is 72.5 Å². The van der Waals surface area contributed by atoms with Gasteiger partial charge in [0.05, 0.1) is 12.4 Å². The average molecular weight is 805 g/mol. The van der Waals surface area contributed by atoms with Crippen LogP contribution in [0.5, 0.6) is 0 Å². The van der Waals surface area contributed by atoms with Crippen molar-refractivity contribution < 1.29 is 13.9 Å². The summed E-state index contributed by atoms with van der Waals surface area (Å²) < 4.78 is 20.6. The van der Waals surface area contributed by atoms with Gasteiger partial charge in [-0.05, 0) is 40.8 Å². The van der Waals surface area contributed by atoms with Crippen molar-refractivity contribution in [2.45, 2.75) is 232 Å². The molecule has 0 N–H and O–H groups in total. The lowest BCUT2D eigenvalue weighted by atomic mass is 10.0. The molecule has 0 aliphatic rings. The summed E-state index contributed by atoms with van der Waals surface area (Å²) in [5.74, 6) is 1.11. The van der Waals surface area contributed by atoms with Crippen molar-refractivity contribution in [1.29, 1.82) is 0 Å². The van der Waals surface area contributed by atoms with Crippen LogP contribution < -0.4 is 10.4 Å². The highest BCUT2D eigenvalue weighted by Crippen LogP contribution is 2.37. The van der Waals surface area contributed by atoms with E-state index in [1.165, 1.54) is 171 Å². The standard InChI is InChI=1S/C53H92O3Si/c1-7-10-12-14-16-18-20-22-24-26-28-30-32-40-46-54-50(47-55-49(9-3)41-35-31-29-27-25-23-21-19-17-15-13-11-8-2)48-56-57(53(4,5)6,51-42-36-33-37-43-51)52-44-38-34-39-45-52/h33-34,36-39,41-45,50H,7-32,35,40,46-48H2,1-6H3/b49-41-. The molecule has 0 aromatic heterocycles. The lowest BCUT2D eigenvalue weighted by Crippen LogP contribution is -2.67. The van der Waals surface area contributed by atoms with Gasteiger partial charge in [0.2, 0.25) is 0 Å². The smallest absolute Gasteiger partial charge is 0.261 e. The van der Waals surface area contributed by atoms with Gasteiger partial charge in [0.15, 0.2) is 0 Å². The van der Waals surface area contributed by atoms with Crippen LogP contribution in [0.2, 0.25) is 5.04 Å². The van der Waals surface area contributed by atoms with E-state index in [1.54, 1.807) is 0 Å². The van der Waals surface area contributed by atoms with Gasteiger partial charge in [-0.2, -0.15) is 0 Å². The van der Waals surface area contributed by atoms with Crippen LogP contribution in [0.3, 0.4) is 0 Å². The highest BCUT2D eigenvalue weighted by molar-refractivity contribution is 6.99. The van der Waals surface area contributed by atoms with Crippen LogP contribution in [0.25, 0.3) is 0 Å². The third kappa shape index (κ3) is 22.9. The van der Waals surface area contributed by atoms with Crippen LogP contribution in [0.1, 0.15) is 221 Å². The molecule has 3 nitrogen and oxygen atoms in total. The quantitative estimate of drug-likeness (QED) is 0.0384. The molecule has 2 rings (SSSR count). The van der Waals surface area contributed by atoms with E-state index in [2.05, 4.69) is 108 Å². The molecule has 326 valence electrons. The summed E-state index contributed by atoms with van der Waals surface area (Å²) in [5.41, 5.74) is 0. The number of hydrogen-bond donors (Lipinski definition) is 0. The Hall–Kier alpha value is -1.88. The average Bonchev–Trinajstić information content (AvgIpc) is 3.22. The first-order valence-electron chi connectivity index (χ1n) is 24.6. The molecule has 0 bridgehead atoms. The Kier molecular flexibility index (Phi) is 30.5. The first kappa shape index (κ1) is 51.3. The van der Waals surface area contributed by atoms with E-state index in [0.29, 0.717) is 13.2 Å². The van der Waals surface area contributed by atoms with Crippen molar-refractivity contribution >= 4 is 18.7 Å². The molecular weight excluding hydrogens is 713 g/mol. The molecule has 0 saturated carbocycles. The number of ether oxygens (including phenoxy) is 2. The normalized spacial score (nSPS) is 13.0. The van der Waals surface area contributed by atoms with E-state index in [0.717, 1.165) is 31.6 Å². The second kappa shape index (κ2) is 33.9. The van der Waals surface area contributed by atoms with Gasteiger partial charge in [0.25, 0.3) is 8.32 Å². The van der Waals surface area contributed by atoms with Crippen molar-refractivity contribution in [2.75, 3.05) is 19.8 Å². The Morgan fingerprint density at radius 1 is 0.509 bits per heavy atom. The molecule has 0 aliphatic carbocycles. The molecule has 57 heavy (non-hydrogen) atoms. The highest BCUT2D eigenvalue weighted by Gasteiger charge is 2.50. The Balaban J connectivity index is 1.91. The molecule has 0 aliphatic heterocycles. The van der Waals surface area contributed by atoms with E-state index in [9.17, 15) is 0 Å². The number of hydrogen-bond acceptors (Lipinski definition) is 3. The highest BCUT2D eigenvalue weighted by atomic mass is 28.4. The lowest BCUT2D eigenvalue weighted by Gasteiger charge is -2.43. The molecule has 4 heteroatoms. The van der Waals surface area contributed by atoms with Crippen molar-refractivity contribution in [3.8, 4) is 0 Å². The number of rotatable bonds is 38. The van der Waals surface area contributed by atoms with Gasteiger partial charge in [-0.15, -0.1) is 0 Å². The summed E-state index contributed by atoms with van der Waals surface area (Å²) in [6, 6.07) is 22.0. The van der Waals surface area contributed by atoms with Crippen LogP contribution in [-0.4, -0.2) is 34.2 Å². The predicted octanol–water partition coefficient (Wildman–Crippen LogP) is 15.8. The summed E-state index contributed by atoms with van der Waals surface area (Å²) in [6.45, 7) is 15.7. The maximum atomic E-state index is 7.37. The largest absolute Gasteiger partial charge is 0.495 e. The van der Waals surface area contributed by atoms with Crippen molar-refractivity contribution in [3.63, 3.8) is 0 Å². The number of unbranched alkanes of at least 4 members (excludes halogenated alkanes) is 25. The Labute approximate surface area is 356 Å². The van der Waals surface area contributed by atoms with Crippen LogP contribution >= 0.6 is 0 Å². The van der Waals surface area contributed by atoms with Gasteiger partial charge in [-0.25, -0.2) is 0 Å². The van der Waals surface area contributed by atoms with Crippen molar-refractivity contribution in [3.05, 3.63) is 72.5 Å². The fraction of sp³-hybridized carbons (Fsp3) is 0.736. The van der Waals surface area contributed by atoms with Gasteiger partial charge < -0.3 is 13.9 Å². The van der Waals surface area contributed by atoms with E-state index in [1.807, 2.05) is 0 Å². The van der Waals surface area contributed by atoms with E-state index in [4.69, 9.17) is 13.9 Å². The zero-order valence-corrected chi connectivity index (χ0v) is 39.6. The van der Waals surface area contributed by atoms with Gasteiger partial charge in [-0.1, -0.05) is 256 Å². The second-order valence-electron chi connectivity index (χ2n) is 18.1. The van der Waals surface area contributed by atoms with Gasteiger partial charge in [0.1, 0.15) is 12.7 Å². The van der Waals surface area contributed by atoms with Crippen LogP contribution in [-0.2, 0) is 13.9 Å². The Morgan fingerprint density at radius 2 is 0.895 bits per heavy atom. The zero-order valence-electron chi connectivity index (χ0n) is 38.6. The van der Waals surface area contributed by atoms with Crippen LogP contribution in [0, 0.1) is 0 Å². The Bertz CT molecular complexity index is 1150. The topological polar surface area (TPSA) is 27.7 Å². The number of allylic oxidation sites excluding steroid dienone is 2. The first-order valence-corrected chi connectivity index (χ1v) is 26.5. The SMILES string of the molecule is CCCCCCCCCCCCCC/C=C(/CC)OCC(CO[Si](c1ccccc1)(c1ccccc1)C(C)(C)C)OCCCCCCCCCCCCCCCC. The molecular formula is C53H92O3Si. The second-order valence-corrected chi connectivity index (χ2v) is 22.4. The zero-order chi connectivity index (χ0) is 41.1. The molecule has 0 amide bonds. The minimum absolute atomic E-state index is 0.0710. The monoisotopic (exact) mass is 805 g/mol. The minimum Gasteiger partial charge on any atom is -0.495 e. The summed E-state index contributed by atoms with van der Waals surface area (Å²) in [4.78, 5) is 0. The minimum atomic E-state index is -2.67. The van der Waals surface area contributed by atoms with Gasteiger partial charge in [-0.3, -0.25) is 0 Å². The fourth-order valence-electron chi connectivity index (χ4n) is 8.42. The summed E-state index contributed by atoms with van der Waals surface area (Å²) in [6.07, 6.45) is 40.0. The van der Waals surface area contributed by atoms with Crippen molar-refractivity contribution in [1.82, 2.24) is 0 Å². The molecule has 0 saturated heterocycles. The molecule has 1 unspecified atom stereocenters. The maximum Gasteiger partial charge on any atom is 0.261 e. The van der Waals surface area contributed by atoms with E-state index < -0.39 is 8.32 Å². The third-order valence-electron chi connectivity index (χ3n) is 12.0. The molecule has 1 atom stereocenters. The molecule has 2 aromatic rings. The molecule has 2 aromatic carbocycles.